The summed E-state index contributed by atoms with van der Waals surface area (Å²) >= 11 is 0. The van der Waals surface area contributed by atoms with E-state index in [0.717, 1.165) is 12.6 Å². The van der Waals surface area contributed by atoms with Crippen molar-refractivity contribution < 1.29 is 0 Å². The van der Waals surface area contributed by atoms with E-state index in [0.29, 0.717) is 6.04 Å². The highest BCUT2D eigenvalue weighted by Crippen LogP contribution is 2.25. The number of rotatable bonds is 7. The van der Waals surface area contributed by atoms with E-state index in [2.05, 4.69) is 54.5 Å². The van der Waals surface area contributed by atoms with Crippen LogP contribution in [0.5, 0.6) is 0 Å². The molecule has 1 saturated carbocycles. The first kappa shape index (κ1) is 13.6. The Morgan fingerprint density at radius 1 is 1.28 bits per heavy atom. The third-order valence-electron chi connectivity index (χ3n) is 4.12. The van der Waals surface area contributed by atoms with Crippen LogP contribution in [-0.4, -0.2) is 31.1 Å². The van der Waals surface area contributed by atoms with Gasteiger partial charge in [-0.3, -0.25) is 0 Å². The number of hydrogen-bond donors (Lipinski definition) is 1. The molecule has 1 aromatic rings. The first-order chi connectivity index (χ1) is 8.81. The van der Waals surface area contributed by atoms with Gasteiger partial charge >= 0.3 is 0 Å². The molecule has 0 aliphatic heterocycles. The van der Waals surface area contributed by atoms with Crippen molar-refractivity contribution >= 4 is 0 Å². The van der Waals surface area contributed by atoms with Crippen molar-refractivity contribution in [2.45, 2.75) is 44.7 Å². The third-order valence-corrected chi connectivity index (χ3v) is 4.12. The van der Waals surface area contributed by atoms with Crippen LogP contribution in [0.1, 0.15) is 44.2 Å². The molecular formula is C16H26N2. The minimum absolute atomic E-state index is 0.499. The SMILES string of the molecule is CCNC(CCN(C)C1CCC1)c1ccccc1. The highest BCUT2D eigenvalue weighted by atomic mass is 15.1. The minimum Gasteiger partial charge on any atom is -0.310 e. The maximum Gasteiger partial charge on any atom is 0.0332 e. The van der Waals surface area contributed by atoms with E-state index < -0.39 is 0 Å². The molecule has 1 unspecified atom stereocenters. The molecule has 0 spiro atoms. The molecule has 2 rings (SSSR count). The predicted octanol–water partition coefficient (Wildman–Crippen LogP) is 3.21. The van der Waals surface area contributed by atoms with Gasteiger partial charge in [-0.05, 0) is 45.0 Å². The first-order valence-electron chi connectivity index (χ1n) is 7.30. The molecule has 0 amide bonds. The lowest BCUT2D eigenvalue weighted by Crippen LogP contribution is -2.38. The quantitative estimate of drug-likeness (QED) is 0.794. The van der Waals surface area contributed by atoms with Gasteiger partial charge in [-0.2, -0.15) is 0 Å². The largest absolute Gasteiger partial charge is 0.310 e. The lowest BCUT2D eigenvalue weighted by atomic mass is 9.91. The molecule has 1 N–H and O–H groups in total. The number of nitrogens with zero attached hydrogens (tertiary/aromatic N) is 1. The van der Waals surface area contributed by atoms with Crippen LogP contribution < -0.4 is 5.32 Å². The van der Waals surface area contributed by atoms with E-state index in [1.807, 2.05) is 0 Å². The van der Waals surface area contributed by atoms with Gasteiger partial charge in [0.15, 0.2) is 0 Å². The van der Waals surface area contributed by atoms with Gasteiger partial charge in [0.05, 0.1) is 0 Å². The van der Waals surface area contributed by atoms with Crippen LogP contribution in [0.2, 0.25) is 0 Å². The lowest BCUT2D eigenvalue weighted by Gasteiger charge is -2.35. The van der Waals surface area contributed by atoms with Crippen molar-refractivity contribution in [2.24, 2.45) is 0 Å². The van der Waals surface area contributed by atoms with Gasteiger partial charge in [0, 0.05) is 12.1 Å². The van der Waals surface area contributed by atoms with E-state index in [4.69, 9.17) is 0 Å². The van der Waals surface area contributed by atoms with Crippen molar-refractivity contribution in [3.05, 3.63) is 35.9 Å². The summed E-state index contributed by atoms with van der Waals surface area (Å²) in [6.45, 7) is 4.41. The molecule has 1 aliphatic carbocycles. The predicted molar refractivity (Wildman–Crippen MR) is 77.7 cm³/mol. The second-order valence-corrected chi connectivity index (χ2v) is 5.37. The first-order valence-corrected chi connectivity index (χ1v) is 7.30. The topological polar surface area (TPSA) is 15.3 Å². The van der Waals surface area contributed by atoms with Crippen LogP contribution in [0.25, 0.3) is 0 Å². The Labute approximate surface area is 111 Å². The van der Waals surface area contributed by atoms with Crippen LogP contribution in [0, 0.1) is 0 Å². The maximum absolute atomic E-state index is 3.60. The second-order valence-electron chi connectivity index (χ2n) is 5.37. The molecule has 1 atom stereocenters. The zero-order chi connectivity index (χ0) is 12.8. The molecule has 0 bridgehead atoms. The fourth-order valence-electron chi connectivity index (χ4n) is 2.66. The van der Waals surface area contributed by atoms with Crippen molar-refractivity contribution in [2.75, 3.05) is 20.1 Å². The normalized spacial score (nSPS) is 17.7. The van der Waals surface area contributed by atoms with E-state index in [1.165, 1.54) is 37.8 Å². The summed E-state index contributed by atoms with van der Waals surface area (Å²) in [5.74, 6) is 0. The zero-order valence-electron chi connectivity index (χ0n) is 11.7. The Morgan fingerprint density at radius 2 is 2.00 bits per heavy atom. The van der Waals surface area contributed by atoms with Gasteiger partial charge in [-0.15, -0.1) is 0 Å². The molecule has 1 fully saturated rings. The van der Waals surface area contributed by atoms with Crippen LogP contribution in [0.15, 0.2) is 30.3 Å². The minimum atomic E-state index is 0.499. The van der Waals surface area contributed by atoms with Crippen molar-refractivity contribution in [1.82, 2.24) is 10.2 Å². The van der Waals surface area contributed by atoms with E-state index in [1.54, 1.807) is 0 Å². The summed E-state index contributed by atoms with van der Waals surface area (Å²) in [6, 6.07) is 12.2. The number of hydrogen-bond acceptors (Lipinski definition) is 2. The third kappa shape index (κ3) is 3.56. The lowest BCUT2D eigenvalue weighted by molar-refractivity contribution is 0.153. The highest BCUT2D eigenvalue weighted by molar-refractivity contribution is 5.18. The molecular weight excluding hydrogens is 220 g/mol. The maximum atomic E-state index is 3.60. The molecule has 1 aromatic carbocycles. The van der Waals surface area contributed by atoms with E-state index in [-0.39, 0.29) is 0 Å². The van der Waals surface area contributed by atoms with Crippen LogP contribution in [0.4, 0.5) is 0 Å². The van der Waals surface area contributed by atoms with Crippen molar-refractivity contribution in [3.63, 3.8) is 0 Å². The van der Waals surface area contributed by atoms with Crippen LogP contribution >= 0.6 is 0 Å². The molecule has 0 aromatic heterocycles. The van der Waals surface area contributed by atoms with Gasteiger partial charge in [-0.25, -0.2) is 0 Å². The second kappa shape index (κ2) is 6.91. The van der Waals surface area contributed by atoms with E-state index in [9.17, 15) is 0 Å². The standard InChI is InChI=1S/C16H26N2/c1-3-17-16(14-8-5-4-6-9-14)12-13-18(2)15-10-7-11-15/h4-6,8-9,15-17H,3,7,10-13H2,1-2H3. The van der Waals surface area contributed by atoms with Crippen molar-refractivity contribution in [3.8, 4) is 0 Å². The van der Waals surface area contributed by atoms with Gasteiger partial charge in [0.25, 0.3) is 0 Å². The molecule has 18 heavy (non-hydrogen) atoms. The number of benzene rings is 1. The monoisotopic (exact) mass is 246 g/mol. The molecule has 0 heterocycles. The Kier molecular flexibility index (Phi) is 5.21. The summed E-state index contributed by atoms with van der Waals surface area (Å²) in [6.07, 6.45) is 5.41. The fraction of sp³-hybridized carbons (Fsp3) is 0.625. The number of nitrogens with one attached hydrogen (secondary N) is 1. The summed E-state index contributed by atoms with van der Waals surface area (Å²) in [5.41, 5.74) is 1.42. The average molecular weight is 246 g/mol. The molecule has 2 nitrogen and oxygen atoms in total. The van der Waals surface area contributed by atoms with Gasteiger partial charge in [0.1, 0.15) is 0 Å². The molecule has 100 valence electrons. The van der Waals surface area contributed by atoms with Gasteiger partial charge in [-0.1, -0.05) is 43.7 Å². The molecule has 0 radical (unpaired) electrons. The summed E-state index contributed by atoms with van der Waals surface area (Å²) in [5, 5.41) is 3.60. The fourth-order valence-corrected chi connectivity index (χ4v) is 2.66. The Balaban J connectivity index is 1.86. The summed E-state index contributed by atoms with van der Waals surface area (Å²) in [4.78, 5) is 2.54. The van der Waals surface area contributed by atoms with Crippen molar-refractivity contribution in [1.29, 1.82) is 0 Å². The summed E-state index contributed by atoms with van der Waals surface area (Å²) in [7, 11) is 2.28. The van der Waals surface area contributed by atoms with Crippen LogP contribution in [0.3, 0.4) is 0 Å². The average Bonchev–Trinajstić information content (AvgIpc) is 2.33. The zero-order valence-corrected chi connectivity index (χ0v) is 11.7. The van der Waals surface area contributed by atoms with Gasteiger partial charge < -0.3 is 10.2 Å². The van der Waals surface area contributed by atoms with Crippen LogP contribution in [-0.2, 0) is 0 Å². The van der Waals surface area contributed by atoms with Gasteiger partial charge in [0.2, 0.25) is 0 Å². The highest BCUT2D eigenvalue weighted by Gasteiger charge is 2.22. The molecule has 2 heteroatoms. The molecule has 1 aliphatic rings. The Bertz CT molecular complexity index is 332. The summed E-state index contributed by atoms with van der Waals surface area (Å²) < 4.78 is 0. The van der Waals surface area contributed by atoms with E-state index >= 15 is 0 Å². The Hall–Kier alpha value is -0.860. The Morgan fingerprint density at radius 3 is 2.56 bits per heavy atom. The molecule has 0 saturated heterocycles. The smallest absolute Gasteiger partial charge is 0.0332 e.